The smallest absolute Gasteiger partial charge is 0.374 e. The molecule has 0 fully saturated rings. The Balaban J connectivity index is 2.90. The Morgan fingerprint density at radius 1 is 1.30 bits per heavy atom. The van der Waals surface area contributed by atoms with Gasteiger partial charge in [-0.25, -0.2) is 0 Å². The molecular weight excluding hydrogens is 333 g/mol. The van der Waals surface area contributed by atoms with Gasteiger partial charge in [0.1, 0.15) is 0 Å². The Morgan fingerprint density at radius 2 is 1.90 bits per heavy atom. The molecule has 0 saturated heterocycles. The van der Waals surface area contributed by atoms with Gasteiger partial charge in [-0.2, -0.15) is 13.2 Å². The predicted molar refractivity (Wildman–Crippen MR) is 79.8 cm³/mol. The zero-order valence-electron chi connectivity index (χ0n) is 11.8. The topological polar surface area (TPSA) is 29.3 Å². The standard InChI is InChI=1S/C14H20BrF3N2/c1-9(2)12(19)6-7-20(3)13-5-4-10(15)8-11(13)14(16,17)18/h4-5,8-9,12H,6-7,19H2,1-3H3. The Morgan fingerprint density at radius 3 is 2.40 bits per heavy atom. The van der Waals surface area contributed by atoms with E-state index >= 15 is 0 Å². The van der Waals surface area contributed by atoms with Gasteiger partial charge in [-0.3, -0.25) is 0 Å². The molecule has 0 aliphatic rings. The minimum atomic E-state index is -4.37. The van der Waals surface area contributed by atoms with Crippen LogP contribution in [0.3, 0.4) is 0 Å². The molecule has 1 aromatic rings. The van der Waals surface area contributed by atoms with Crippen LogP contribution in [0.25, 0.3) is 0 Å². The van der Waals surface area contributed by atoms with Crippen molar-refractivity contribution in [3.05, 3.63) is 28.2 Å². The van der Waals surface area contributed by atoms with Crippen molar-refractivity contribution in [2.24, 2.45) is 11.7 Å². The molecule has 20 heavy (non-hydrogen) atoms. The number of nitrogens with two attached hydrogens (primary N) is 1. The van der Waals surface area contributed by atoms with Gasteiger partial charge < -0.3 is 10.6 Å². The molecule has 6 heteroatoms. The van der Waals surface area contributed by atoms with E-state index in [0.717, 1.165) is 6.07 Å². The lowest BCUT2D eigenvalue weighted by atomic mass is 10.0. The van der Waals surface area contributed by atoms with Gasteiger partial charge in [-0.05, 0) is 30.5 Å². The molecule has 1 atom stereocenters. The summed E-state index contributed by atoms with van der Waals surface area (Å²) in [5.41, 5.74) is 5.48. The maximum absolute atomic E-state index is 13.0. The largest absolute Gasteiger partial charge is 0.418 e. The number of anilines is 1. The van der Waals surface area contributed by atoms with Crippen molar-refractivity contribution in [3.8, 4) is 0 Å². The minimum Gasteiger partial charge on any atom is -0.374 e. The first-order valence-corrected chi connectivity index (χ1v) is 7.25. The van der Waals surface area contributed by atoms with Crippen LogP contribution in [0.2, 0.25) is 0 Å². The van der Waals surface area contributed by atoms with Crippen molar-refractivity contribution in [2.45, 2.75) is 32.5 Å². The third-order valence-corrected chi connectivity index (χ3v) is 3.82. The third kappa shape index (κ3) is 4.66. The number of benzene rings is 1. The van der Waals surface area contributed by atoms with Crippen molar-refractivity contribution in [1.29, 1.82) is 0 Å². The van der Waals surface area contributed by atoms with E-state index in [4.69, 9.17) is 5.73 Å². The SMILES string of the molecule is CC(C)C(N)CCN(C)c1ccc(Br)cc1C(F)(F)F. The average Bonchev–Trinajstić information content (AvgIpc) is 2.34. The van der Waals surface area contributed by atoms with Crippen LogP contribution < -0.4 is 10.6 Å². The molecule has 0 aliphatic heterocycles. The highest BCUT2D eigenvalue weighted by molar-refractivity contribution is 9.10. The molecule has 2 N–H and O–H groups in total. The molecule has 0 heterocycles. The number of halogens is 4. The van der Waals surface area contributed by atoms with Crippen LogP contribution in [0.1, 0.15) is 25.8 Å². The molecule has 0 aromatic heterocycles. The summed E-state index contributed by atoms with van der Waals surface area (Å²) in [5, 5.41) is 0. The molecule has 1 rings (SSSR count). The number of hydrogen-bond acceptors (Lipinski definition) is 2. The van der Waals surface area contributed by atoms with Crippen molar-refractivity contribution in [2.75, 3.05) is 18.5 Å². The lowest BCUT2D eigenvalue weighted by molar-refractivity contribution is -0.137. The lowest BCUT2D eigenvalue weighted by Crippen LogP contribution is -2.32. The van der Waals surface area contributed by atoms with E-state index in [-0.39, 0.29) is 11.7 Å². The van der Waals surface area contributed by atoms with Gasteiger partial charge in [0.25, 0.3) is 0 Å². The number of nitrogens with zero attached hydrogens (tertiary/aromatic N) is 1. The van der Waals surface area contributed by atoms with Crippen molar-refractivity contribution >= 4 is 21.6 Å². The van der Waals surface area contributed by atoms with Crippen LogP contribution in [0.5, 0.6) is 0 Å². The van der Waals surface area contributed by atoms with E-state index in [9.17, 15) is 13.2 Å². The van der Waals surface area contributed by atoms with E-state index in [2.05, 4.69) is 15.9 Å². The first kappa shape index (κ1) is 17.3. The van der Waals surface area contributed by atoms with Gasteiger partial charge in [-0.1, -0.05) is 29.8 Å². The van der Waals surface area contributed by atoms with Crippen LogP contribution >= 0.6 is 15.9 Å². The first-order chi connectivity index (χ1) is 9.12. The van der Waals surface area contributed by atoms with Crippen LogP contribution in [0, 0.1) is 5.92 Å². The van der Waals surface area contributed by atoms with Crippen molar-refractivity contribution in [3.63, 3.8) is 0 Å². The molecule has 2 nitrogen and oxygen atoms in total. The van der Waals surface area contributed by atoms with Crippen LogP contribution in [-0.4, -0.2) is 19.6 Å². The van der Waals surface area contributed by atoms with Gasteiger partial charge in [-0.15, -0.1) is 0 Å². The van der Waals surface area contributed by atoms with E-state index in [1.165, 1.54) is 6.07 Å². The molecule has 0 bridgehead atoms. The number of alkyl halides is 3. The van der Waals surface area contributed by atoms with Crippen molar-refractivity contribution in [1.82, 2.24) is 0 Å². The van der Waals surface area contributed by atoms with Gasteiger partial charge in [0.2, 0.25) is 0 Å². The fourth-order valence-corrected chi connectivity index (χ4v) is 2.23. The van der Waals surface area contributed by atoms with E-state index in [1.54, 1.807) is 18.0 Å². The first-order valence-electron chi connectivity index (χ1n) is 6.46. The summed E-state index contributed by atoms with van der Waals surface area (Å²) in [6, 6.07) is 4.19. The summed E-state index contributed by atoms with van der Waals surface area (Å²) in [6.07, 6.45) is -3.71. The fraction of sp³-hybridized carbons (Fsp3) is 0.571. The maximum Gasteiger partial charge on any atom is 0.418 e. The second kappa shape index (κ2) is 6.80. The second-order valence-corrected chi connectivity index (χ2v) is 6.19. The Labute approximate surface area is 126 Å². The van der Waals surface area contributed by atoms with Gasteiger partial charge in [0.15, 0.2) is 0 Å². The Hall–Kier alpha value is -0.750. The highest BCUT2D eigenvalue weighted by Gasteiger charge is 2.34. The molecule has 0 spiro atoms. The molecule has 1 aromatic carbocycles. The van der Waals surface area contributed by atoms with Gasteiger partial charge in [0.05, 0.1) is 5.56 Å². The fourth-order valence-electron chi connectivity index (χ4n) is 1.86. The van der Waals surface area contributed by atoms with E-state index in [1.807, 2.05) is 13.8 Å². The number of hydrogen-bond donors (Lipinski definition) is 1. The summed E-state index contributed by atoms with van der Waals surface area (Å²) in [6.45, 7) is 4.50. The molecule has 0 aliphatic carbocycles. The maximum atomic E-state index is 13.0. The third-order valence-electron chi connectivity index (χ3n) is 3.33. The van der Waals surface area contributed by atoms with Gasteiger partial charge in [0, 0.05) is 29.8 Å². The average molecular weight is 353 g/mol. The van der Waals surface area contributed by atoms with Gasteiger partial charge >= 0.3 is 6.18 Å². The summed E-state index contributed by atoms with van der Waals surface area (Å²) in [7, 11) is 1.66. The molecule has 114 valence electrons. The molecular formula is C14H20BrF3N2. The van der Waals surface area contributed by atoms with Crippen LogP contribution in [0.15, 0.2) is 22.7 Å². The Kier molecular flexibility index (Phi) is 5.89. The van der Waals surface area contributed by atoms with Crippen LogP contribution in [-0.2, 0) is 6.18 Å². The van der Waals surface area contributed by atoms with E-state index < -0.39 is 11.7 Å². The van der Waals surface area contributed by atoms with Crippen LogP contribution in [0.4, 0.5) is 18.9 Å². The minimum absolute atomic E-state index is 0.0118. The van der Waals surface area contributed by atoms with Crippen molar-refractivity contribution < 1.29 is 13.2 Å². The normalized spacial score (nSPS) is 13.7. The van der Waals surface area contributed by atoms with E-state index in [0.29, 0.717) is 23.4 Å². The summed E-state index contributed by atoms with van der Waals surface area (Å²) < 4.78 is 39.5. The predicted octanol–water partition coefficient (Wildman–Crippen LogP) is 4.28. The molecule has 1 unspecified atom stereocenters. The summed E-state index contributed by atoms with van der Waals surface area (Å²) in [4.78, 5) is 1.61. The highest BCUT2D eigenvalue weighted by Crippen LogP contribution is 2.38. The molecule has 0 amide bonds. The summed E-state index contributed by atoms with van der Waals surface area (Å²) in [5.74, 6) is 0.315. The quantitative estimate of drug-likeness (QED) is 0.856. The highest BCUT2D eigenvalue weighted by atomic mass is 79.9. The zero-order valence-corrected chi connectivity index (χ0v) is 13.4. The number of rotatable bonds is 5. The monoisotopic (exact) mass is 352 g/mol. The molecule has 0 radical (unpaired) electrons. The Bertz CT molecular complexity index is 447. The molecule has 0 saturated carbocycles. The second-order valence-electron chi connectivity index (χ2n) is 5.28. The lowest BCUT2D eigenvalue weighted by Gasteiger charge is -2.26. The summed E-state index contributed by atoms with van der Waals surface area (Å²) >= 11 is 3.08. The zero-order chi connectivity index (χ0) is 15.5.